The molecule has 0 saturated heterocycles. The third-order valence-electron chi connectivity index (χ3n) is 2.51. The second kappa shape index (κ2) is 5.67. The van der Waals surface area contributed by atoms with Crippen molar-refractivity contribution in [2.24, 2.45) is 0 Å². The lowest BCUT2D eigenvalue weighted by Crippen LogP contribution is -2.32. The summed E-state index contributed by atoms with van der Waals surface area (Å²) in [5, 5.41) is 11.2. The first-order valence-corrected chi connectivity index (χ1v) is 5.68. The molecule has 0 aliphatic heterocycles. The van der Waals surface area contributed by atoms with E-state index in [1.54, 1.807) is 24.3 Å². The second-order valence-electron chi connectivity index (χ2n) is 3.98. The van der Waals surface area contributed by atoms with E-state index in [1.165, 1.54) is 6.20 Å². The Bertz CT molecular complexity index is 781. The predicted octanol–water partition coefficient (Wildman–Crippen LogP) is 0.0470. The number of carbonyl (C=O) groups is 1. The topological polar surface area (TPSA) is 108 Å². The first-order chi connectivity index (χ1) is 9.58. The van der Waals surface area contributed by atoms with Crippen LogP contribution in [0.15, 0.2) is 46.1 Å². The molecule has 100 valence electrons. The Morgan fingerprint density at radius 3 is 2.55 bits per heavy atom. The van der Waals surface area contributed by atoms with Crippen molar-refractivity contribution >= 4 is 11.6 Å². The molecule has 20 heavy (non-hydrogen) atoms. The largest absolute Gasteiger partial charge is 0.328 e. The molecule has 7 nitrogen and oxygen atoms in total. The summed E-state index contributed by atoms with van der Waals surface area (Å²) in [4.78, 5) is 36.1. The molecule has 1 amide bonds. The number of anilines is 1. The van der Waals surface area contributed by atoms with E-state index in [0.29, 0.717) is 11.3 Å². The van der Waals surface area contributed by atoms with Crippen molar-refractivity contribution in [2.45, 2.75) is 6.54 Å². The quantitative estimate of drug-likeness (QED) is 0.821. The Hall–Kier alpha value is -3.14. The number of nitrogens with zero attached hydrogens (tertiary/aromatic N) is 2. The minimum Gasteiger partial charge on any atom is -0.325 e. The van der Waals surface area contributed by atoms with Gasteiger partial charge in [0.05, 0.1) is 11.6 Å². The van der Waals surface area contributed by atoms with Gasteiger partial charge in [-0.25, -0.2) is 4.79 Å². The Labute approximate surface area is 113 Å². The van der Waals surface area contributed by atoms with Crippen LogP contribution in [0, 0.1) is 11.3 Å². The molecule has 7 heteroatoms. The number of hydrogen-bond donors (Lipinski definition) is 2. The maximum Gasteiger partial charge on any atom is 0.328 e. The van der Waals surface area contributed by atoms with Crippen LogP contribution < -0.4 is 16.6 Å². The lowest BCUT2D eigenvalue weighted by molar-refractivity contribution is -0.116. The maximum absolute atomic E-state index is 11.7. The van der Waals surface area contributed by atoms with Gasteiger partial charge in [0.2, 0.25) is 5.91 Å². The van der Waals surface area contributed by atoms with Crippen molar-refractivity contribution in [1.82, 2.24) is 9.55 Å². The van der Waals surface area contributed by atoms with Crippen LogP contribution in [-0.4, -0.2) is 15.5 Å². The molecule has 2 aromatic rings. The summed E-state index contributed by atoms with van der Waals surface area (Å²) in [7, 11) is 0. The predicted molar refractivity (Wildman–Crippen MR) is 71.1 cm³/mol. The minimum atomic E-state index is -0.646. The Morgan fingerprint density at radius 2 is 1.95 bits per heavy atom. The number of nitriles is 1. The highest BCUT2D eigenvalue weighted by Crippen LogP contribution is 2.08. The number of nitrogens with one attached hydrogen (secondary N) is 2. The summed E-state index contributed by atoms with van der Waals surface area (Å²) < 4.78 is 1.08. The summed E-state index contributed by atoms with van der Waals surface area (Å²) in [6, 6.07) is 9.45. The first-order valence-electron chi connectivity index (χ1n) is 5.68. The highest BCUT2D eigenvalue weighted by Gasteiger charge is 2.05. The van der Waals surface area contributed by atoms with Gasteiger partial charge in [-0.3, -0.25) is 19.1 Å². The van der Waals surface area contributed by atoms with Crippen LogP contribution in [0.25, 0.3) is 0 Å². The molecule has 0 fully saturated rings. The summed E-state index contributed by atoms with van der Waals surface area (Å²) in [5.74, 6) is -0.413. The Kier molecular flexibility index (Phi) is 3.77. The number of aromatic amines is 1. The number of amides is 1. The SMILES string of the molecule is N#Cc1ccc(NC(=O)Cn2ccc(=O)[nH]c2=O)cc1. The van der Waals surface area contributed by atoms with Gasteiger partial charge in [0, 0.05) is 18.0 Å². The summed E-state index contributed by atoms with van der Waals surface area (Å²) >= 11 is 0. The van der Waals surface area contributed by atoms with Gasteiger partial charge in [0.1, 0.15) is 6.54 Å². The molecule has 0 unspecified atom stereocenters. The van der Waals surface area contributed by atoms with E-state index in [9.17, 15) is 14.4 Å². The minimum absolute atomic E-state index is 0.213. The zero-order valence-corrected chi connectivity index (χ0v) is 10.3. The zero-order chi connectivity index (χ0) is 14.5. The molecule has 0 aliphatic carbocycles. The van der Waals surface area contributed by atoms with Gasteiger partial charge in [0.15, 0.2) is 0 Å². The molecule has 0 atom stereocenters. The van der Waals surface area contributed by atoms with Gasteiger partial charge in [-0.05, 0) is 24.3 Å². The molecular weight excluding hydrogens is 260 g/mol. The first kappa shape index (κ1) is 13.3. The fourth-order valence-electron chi connectivity index (χ4n) is 1.55. The van der Waals surface area contributed by atoms with Gasteiger partial charge < -0.3 is 5.32 Å². The van der Waals surface area contributed by atoms with Crippen LogP contribution in [0.5, 0.6) is 0 Å². The van der Waals surface area contributed by atoms with Gasteiger partial charge in [-0.2, -0.15) is 5.26 Å². The van der Waals surface area contributed by atoms with Gasteiger partial charge in [-0.15, -0.1) is 0 Å². The number of benzene rings is 1. The van der Waals surface area contributed by atoms with Crippen LogP contribution in [0.2, 0.25) is 0 Å². The molecule has 0 spiro atoms. The fraction of sp³-hybridized carbons (Fsp3) is 0.0769. The van der Waals surface area contributed by atoms with E-state index in [1.807, 2.05) is 6.07 Å². The summed E-state index contributed by atoms with van der Waals surface area (Å²) in [6.07, 6.45) is 1.25. The van der Waals surface area contributed by atoms with Gasteiger partial charge in [-0.1, -0.05) is 0 Å². The molecular formula is C13H10N4O3. The van der Waals surface area contributed by atoms with Crippen LogP contribution in [0.1, 0.15) is 5.56 Å². The van der Waals surface area contributed by atoms with E-state index in [4.69, 9.17) is 5.26 Å². The third-order valence-corrected chi connectivity index (χ3v) is 2.51. The molecule has 1 aromatic carbocycles. The van der Waals surface area contributed by atoms with Crippen LogP contribution in [0.4, 0.5) is 5.69 Å². The van der Waals surface area contributed by atoms with Crippen molar-refractivity contribution in [2.75, 3.05) is 5.32 Å². The third kappa shape index (κ3) is 3.20. The summed E-state index contributed by atoms with van der Waals surface area (Å²) in [6.45, 7) is -0.213. The van der Waals surface area contributed by atoms with Crippen LogP contribution >= 0.6 is 0 Å². The average molecular weight is 270 g/mol. The van der Waals surface area contributed by atoms with Crippen LogP contribution in [-0.2, 0) is 11.3 Å². The molecule has 2 N–H and O–H groups in total. The second-order valence-corrected chi connectivity index (χ2v) is 3.98. The van der Waals surface area contributed by atoms with Gasteiger partial charge >= 0.3 is 5.69 Å². The average Bonchev–Trinajstić information content (AvgIpc) is 2.43. The van der Waals surface area contributed by atoms with Crippen molar-refractivity contribution in [3.8, 4) is 6.07 Å². The molecule has 0 radical (unpaired) electrons. The number of aromatic nitrogens is 2. The molecule has 0 bridgehead atoms. The van der Waals surface area contributed by atoms with Gasteiger partial charge in [0.25, 0.3) is 5.56 Å². The smallest absolute Gasteiger partial charge is 0.325 e. The Morgan fingerprint density at radius 1 is 1.25 bits per heavy atom. The summed E-state index contributed by atoms with van der Waals surface area (Å²) in [5.41, 5.74) is -0.155. The maximum atomic E-state index is 11.7. The zero-order valence-electron chi connectivity index (χ0n) is 10.3. The molecule has 0 aliphatic rings. The lowest BCUT2D eigenvalue weighted by atomic mass is 10.2. The van der Waals surface area contributed by atoms with Crippen molar-refractivity contribution < 1.29 is 4.79 Å². The van der Waals surface area contributed by atoms with E-state index in [-0.39, 0.29) is 6.54 Å². The van der Waals surface area contributed by atoms with Crippen molar-refractivity contribution in [3.63, 3.8) is 0 Å². The Balaban J connectivity index is 2.07. The molecule has 1 heterocycles. The van der Waals surface area contributed by atoms with E-state index in [2.05, 4.69) is 10.3 Å². The number of H-pyrrole nitrogens is 1. The number of hydrogen-bond acceptors (Lipinski definition) is 4. The lowest BCUT2D eigenvalue weighted by Gasteiger charge is -2.06. The standard InChI is InChI=1S/C13H10N4O3/c14-7-9-1-3-10(4-2-9)15-12(19)8-17-6-5-11(18)16-13(17)20/h1-6H,8H2,(H,15,19)(H,16,18,20). The molecule has 2 rings (SSSR count). The number of rotatable bonds is 3. The van der Waals surface area contributed by atoms with E-state index in [0.717, 1.165) is 10.6 Å². The monoisotopic (exact) mass is 270 g/mol. The normalized spacial score (nSPS) is 9.75. The molecule has 0 saturated carbocycles. The number of carbonyl (C=O) groups excluding carboxylic acids is 1. The fourth-order valence-corrected chi connectivity index (χ4v) is 1.55. The highest BCUT2D eigenvalue weighted by molar-refractivity contribution is 5.90. The van der Waals surface area contributed by atoms with Crippen LogP contribution in [0.3, 0.4) is 0 Å². The van der Waals surface area contributed by atoms with Crippen molar-refractivity contribution in [3.05, 3.63) is 62.9 Å². The highest BCUT2D eigenvalue weighted by atomic mass is 16.2. The molecule has 1 aromatic heterocycles. The van der Waals surface area contributed by atoms with E-state index < -0.39 is 17.2 Å². The van der Waals surface area contributed by atoms with E-state index >= 15 is 0 Å². The van der Waals surface area contributed by atoms with Crippen molar-refractivity contribution in [1.29, 1.82) is 5.26 Å².